The third kappa shape index (κ3) is 3.88. The molecule has 2 aromatic rings. The molecule has 1 aromatic heterocycles. The van der Waals surface area contributed by atoms with Crippen LogP contribution in [0, 0.1) is 10.1 Å². The molecule has 0 unspecified atom stereocenters. The van der Waals surface area contributed by atoms with Crippen LogP contribution in [0.25, 0.3) is 0 Å². The standard InChI is InChI=1S/C16H17N3O4S/c20-16(14-5-6-15(23-14)19(21)22)17-11-12-1-3-13(4-2-12)18-7-9-24-10-8-18/h1-6H,7-11H2,(H,17,20). The smallest absolute Gasteiger partial charge is 0.395 e. The second kappa shape index (κ2) is 7.39. The van der Waals surface area contributed by atoms with Gasteiger partial charge in [0, 0.05) is 36.8 Å². The van der Waals surface area contributed by atoms with Gasteiger partial charge in [0.15, 0.2) is 5.76 Å². The first-order chi connectivity index (χ1) is 11.6. The van der Waals surface area contributed by atoms with Gasteiger partial charge in [-0.05, 0) is 23.8 Å². The summed E-state index contributed by atoms with van der Waals surface area (Å²) in [6, 6.07) is 10.5. The van der Waals surface area contributed by atoms with Gasteiger partial charge in [0.05, 0.1) is 6.07 Å². The molecule has 3 rings (SSSR count). The molecule has 0 bridgehead atoms. The predicted molar refractivity (Wildman–Crippen MR) is 92.5 cm³/mol. The van der Waals surface area contributed by atoms with Gasteiger partial charge in [0.2, 0.25) is 0 Å². The molecule has 1 aromatic carbocycles. The Morgan fingerprint density at radius 1 is 1.21 bits per heavy atom. The van der Waals surface area contributed by atoms with Crippen LogP contribution in [0.3, 0.4) is 0 Å². The molecule has 2 heterocycles. The van der Waals surface area contributed by atoms with Gasteiger partial charge in [-0.15, -0.1) is 0 Å². The largest absolute Gasteiger partial charge is 0.433 e. The first kappa shape index (κ1) is 16.4. The van der Waals surface area contributed by atoms with Gasteiger partial charge in [0.25, 0.3) is 5.91 Å². The van der Waals surface area contributed by atoms with Crippen LogP contribution >= 0.6 is 11.8 Å². The molecule has 126 valence electrons. The molecule has 1 saturated heterocycles. The molecule has 0 spiro atoms. The zero-order valence-corrected chi connectivity index (χ0v) is 13.8. The van der Waals surface area contributed by atoms with Crippen LogP contribution in [0.1, 0.15) is 16.1 Å². The number of nitrogens with one attached hydrogen (secondary N) is 1. The van der Waals surface area contributed by atoms with Crippen molar-refractivity contribution < 1.29 is 14.1 Å². The molecule has 1 fully saturated rings. The number of hydrogen-bond donors (Lipinski definition) is 1. The molecule has 1 amide bonds. The van der Waals surface area contributed by atoms with Crippen LogP contribution in [-0.4, -0.2) is 35.4 Å². The molecule has 0 aliphatic carbocycles. The van der Waals surface area contributed by atoms with Gasteiger partial charge in [-0.2, -0.15) is 11.8 Å². The van der Waals surface area contributed by atoms with Crippen LogP contribution < -0.4 is 10.2 Å². The molecular weight excluding hydrogens is 330 g/mol. The number of furan rings is 1. The zero-order valence-electron chi connectivity index (χ0n) is 12.9. The van der Waals surface area contributed by atoms with E-state index in [-0.39, 0.29) is 5.76 Å². The Morgan fingerprint density at radius 2 is 1.92 bits per heavy atom. The Labute approximate surface area is 143 Å². The molecule has 7 nitrogen and oxygen atoms in total. The lowest BCUT2D eigenvalue weighted by molar-refractivity contribution is -0.402. The average Bonchev–Trinajstić information content (AvgIpc) is 3.11. The molecule has 24 heavy (non-hydrogen) atoms. The number of benzene rings is 1. The van der Waals surface area contributed by atoms with Crippen molar-refractivity contribution in [3.05, 3.63) is 57.8 Å². The summed E-state index contributed by atoms with van der Waals surface area (Å²) >= 11 is 1.97. The average molecular weight is 347 g/mol. The van der Waals surface area contributed by atoms with Gasteiger partial charge in [-0.25, -0.2) is 0 Å². The quantitative estimate of drug-likeness (QED) is 0.661. The molecule has 1 N–H and O–H groups in total. The van der Waals surface area contributed by atoms with Crippen molar-refractivity contribution in [3.63, 3.8) is 0 Å². The first-order valence-corrected chi connectivity index (χ1v) is 8.73. The van der Waals surface area contributed by atoms with Crippen LogP contribution in [0.5, 0.6) is 0 Å². The second-order valence-electron chi connectivity index (χ2n) is 5.34. The Kier molecular flexibility index (Phi) is 5.05. The number of amides is 1. The van der Waals surface area contributed by atoms with Gasteiger partial charge in [-0.3, -0.25) is 14.9 Å². The van der Waals surface area contributed by atoms with Crippen molar-refractivity contribution in [1.82, 2.24) is 5.32 Å². The maximum absolute atomic E-state index is 11.9. The number of nitrogens with zero attached hydrogens (tertiary/aromatic N) is 2. The van der Waals surface area contributed by atoms with E-state index in [0.29, 0.717) is 6.54 Å². The van der Waals surface area contributed by atoms with E-state index in [9.17, 15) is 14.9 Å². The highest BCUT2D eigenvalue weighted by atomic mass is 32.2. The molecular formula is C16H17N3O4S. The topological polar surface area (TPSA) is 88.6 Å². The van der Waals surface area contributed by atoms with E-state index < -0.39 is 16.7 Å². The number of carbonyl (C=O) groups is 1. The summed E-state index contributed by atoms with van der Waals surface area (Å²) < 4.78 is 4.87. The van der Waals surface area contributed by atoms with Gasteiger partial charge >= 0.3 is 5.88 Å². The first-order valence-electron chi connectivity index (χ1n) is 7.57. The van der Waals surface area contributed by atoms with Crippen molar-refractivity contribution in [2.24, 2.45) is 0 Å². The third-order valence-corrected chi connectivity index (χ3v) is 4.70. The highest BCUT2D eigenvalue weighted by Gasteiger charge is 2.17. The van der Waals surface area contributed by atoms with E-state index in [0.717, 1.165) is 30.2 Å². The summed E-state index contributed by atoms with van der Waals surface area (Å²) in [4.78, 5) is 24.2. The van der Waals surface area contributed by atoms with Crippen LogP contribution in [0.4, 0.5) is 11.6 Å². The normalized spacial score (nSPS) is 14.4. The van der Waals surface area contributed by atoms with Crippen molar-refractivity contribution in [2.45, 2.75) is 6.54 Å². The predicted octanol–water partition coefficient (Wildman–Crippen LogP) is 2.67. The SMILES string of the molecule is O=C(NCc1ccc(N2CCSCC2)cc1)c1ccc([N+](=O)[O-])o1. The lowest BCUT2D eigenvalue weighted by atomic mass is 10.2. The minimum absolute atomic E-state index is 0.0656. The molecule has 1 aliphatic rings. The van der Waals surface area contributed by atoms with E-state index in [1.807, 2.05) is 23.9 Å². The summed E-state index contributed by atoms with van der Waals surface area (Å²) in [5.41, 5.74) is 2.14. The van der Waals surface area contributed by atoms with Crippen molar-refractivity contribution >= 4 is 29.2 Å². The molecule has 0 saturated carbocycles. The maximum atomic E-state index is 11.9. The minimum atomic E-state index is -0.672. The maximum Gasteiger partial charge on any atom is 0.433 e. The number of hydrogen-bond acceptors (Lipinski definition) is 6. The highest BCUT2D eigenvalue weighted by Crippen LogP contribution is 2.20. The van der Waals surface area contributed by atoms with Gasteiger partial charge in [-0.1, -0.05) is 12.1 Å². The Morgan fingerprint density at radius 3 is 2.54 bits per heavy atom. The monoisotopic (exact) mass is 347 g/mol. The molecule has 1 aliphatic heterocycles. The molecule has 0 radical (unpaired) electrons. The second-order valence-corrected chi connectivity index (χ2v) is 6.57. The lowest BCUT2D eigenvalue weighted by Gasteiger charge is -2.28. The summed E-state index contributed by atoms with van der Waals surface area (Å²) in [5.74, 6) is 1.31. The van der Waals surface area contributed by atoms with Gasteiger partial charge < -0.3 is 14.6 Å². The highest BCUT2D eigenvalue weighted by molar-refractivity contribution is 7.99. The summed E-state index contributed by atoms with van der Waals surface area (Å²) in [6.45, 7) is 2.44. The Bertz CT molecular complexity index is 723. The minimum Gasteiger partial charge on any atom is -0.395 e. The van der Waals surface area contributed by atoms with Crippen LogP contribution in [0.2, 0.25) is 0 Å². The van der Waals surface area contributed by atoms with Gasteiger partial charge in [0.1, 0.15) is 4.92 Å². The van der Waals surface area contributed by atoms with E-state index in [2.05, 4.69) is 22.3 Å². The summed E-state index contributed by atoms with van der Waals surface area (Å²) in [6.07, 6.45) is 0. The number of anilines is 1. The zero-order chi connectivity index (χ0) is 16.9. The Hall–Kier alpha value is -2.48. The fraction of sp³-hybridized carbons (Fsp3) is 0.312. The van der Waals surface area contributed by atoms with E-state index in [1.54, 1.807) is 0 Å². The summed E-state index contributed by atoms with van der Waals surface area (Å²) in [7, 11) is 0. The number of nitro groups is 1. The summed E-state index contributed by atoms with van der Waals surface area (Å²) in [5, 5.41) is 13.2. The van der Waals surface area contributed by atoms with Crippen LogP contribution in [-0.2, 0) is 6.54 Å². The Balaban J connectivity index is 1.55. The van der Waals surface area contributed by atoms with Crippen molar-refractivity contribution in [1.29, 1.82) is 0 Å². The lowest BCUT2D eigenvalue weighted by Crippen LogP contribution is -2.32. The van der Waals surface area contributed by atoms with E-state index >= 15 is 0 Å². The fourth-order valence-electron chi connectivity index (χ4n) is 2.46. The number of thioether (sulfide) groups is 1. The molecule has 0 atom stereocenters. The van der Waals surface area contributed by atoms with E-state index in [1.165, 1.54) is 17.8 Å². The molecule has 8 heteroatoms. The number of rotatable bonds is 5. The fourth-order valence-corrected chi connectivity index (χ4v) is 3.37. The van der Waals surface area contributed by atoms with Crippen molar-refractivity contribution in [2.75, 3.05) is 29.5 Å². The van der Waals surface area contributed by atoms with Crippen molar-refractivity contribution in [3.8, 4) is 0 Å². The van der Waals surface area contributed by atoms with Crippen LogP contribution in [0.15, 0.2) is 40.8 Å². The third-order valence-electron chi connectivity index (χ3n) is 3.76. The van der Waals surface area contributed by atoms with E-state index in [4.69, 9.17) is 4.42 Å². The number of carbonyl (C=O) groups excluding carboxylic acids is 1.